The standard InChI is InChI=1S/C13H17F3O6S/c1-10(2)11(3)4-5-12(10,22-8(11)17)9(18)21-6-7(14)13(15,16)23(19)20/h7,23H,4-6H2,1-3H3. The van der Waals surface area contributed by atoms with Crippen LogP contribution in [0.15, 0.2) is 0 Å². The summed E-state index contributed by atoms with van der Waals surface area (Å²) in [7, 11) is -4.35. The van der Waals surface area contributed by atoms with E-state index in [-0.39, 0.29) is 6.42 Å². The number of carbonyl (C=O) groups excluding carboxylic acids is 2. The number of ether oxygens (including phenoxy) is 2. The zero-order chi connectivity index (χ0) is 17.8. The fourth-order valence-electron chi connectivity index (χ4n) is 3.18. The highest BCUT2D eigenvalue weighted by atomic mass is 32.2. The average molecular weight is 358 g/mol. The topological polar surface area (TPSA) is 86.7 Å². The van der Waals surface area contributed by atoms with E-state index in [1.165, 1.54) is 0 Å². The molecule has 23 heavy (non-hydrogen) atoms. The number of fused-ring (bicyclic) bond motifs is 2. The number of hydrogen-bond donors (Lipinski definition) is 1. The smallest absolute Gasteiger partial charge is 0.376 e. The van der Waals surface area contributed by atoms with Crippen LogP contribution >= 0.6 is 0 Å². The van der Waals surface area contributed by atoms with Gasteiger partial charge in [0.15, 0.2) is 0 Å². The highest BCUT2D eigenvalue weighted by Crippen LogP contribution is 2.65. The normalized spacial score (nSPS) is 33.6. The maximum atomic E-state index is 13.3. The summed E-state index contributed by atoms with van der Waals surface area (Å²) < 4.78 is 69.6. The van der Waals surface area contributed by atoms with Crippen molar-refractivity contribution in [3.8, 4) is 0 Å². The quantitative estimate of drug-likeness (QED) is 0.587. The molecule has 0 aromatic heterocycles. The Kier molecular flexibility index (Phi) is 3.99. The van der Waals surface area contributed by atoms with Gasteiger partial charge in [-0.15, -0.1) is 0 Å². The third-order valence-electron chi connectivity index (χ3n) is 5.39. The van der Waals surface area contributed by atoms with Crippen LogP contribution in [0.5, 0.6) is 0 Å². The lowest BCUT2D eigenvalue weighted by molar-refractivity contribution is -0.185. The van der Waals surface area contributed by atoms with Crippen LogP contribution in [0.3, 0.4) is 0 Å². The average Bonchev–Trinajstić information content (AvgIpc) is 2.74. The predicted octanol–water partition coefficient (Wildman–Crippen LogP) is 1.19. The first-order chi connectivity index (χ1) is 10.3. The fourth-order valence-corrected chi connectivity index (χ4v) is 3.49. The summed E-state index contributed by atoms with van der Waals surface area (Å²) >= 11 is 0. The zero-order valence-electron chi connectivity index (χ0n) is 12.7. The van der Waals surface area contributed by atoms with E-state index in [0.717, 1.165) is 0 Å². The van der Waals surface area contributed by atoms with Gasteiger partial charge in [-0.25, -0.2) is 17.6 Å². The SMILES string of the molecule is CC12CCC(C(=O)OCC(F)C(F)(F)[SH](=O)=O)(OC1=O)C2(C)C. The fraction of sp³-hybridized carbons (Fsp3) is 0.846. The first-order valence-corrected chi connectivity index (χ1v) is 8.08. The summed E-state index contributed by atoms with van der Waals surface area (Å²) in [4.78, 5) is 24.2. The minimum Gasteiger partial charge on any atom is -0.459 e. The number of rotatable bonds is 5. The van der Waals surface area contributed by atoms with Crippen molar-refractivity contribution in [1.29, 1.82) is 0 Å². The van der Waals surface area contributed by atoms with Crippen molar-refractivity contribution in [2.45, 2.75) is 50.6 Å². The zero-order valence-corrected chi connectivity index (χ0v) is 13.6. The van der Waals surface area contributed by atoms with Crippen molar-refractivity contribution in [2.75, 3.05) is 6.61 Å². The monoisotopic (exact) mass is 358 g/mol. The molecular formula is C13H17F3O6S. The molecule has 1 saturated carbocycles. The van der Waals surface area contributed by atoms with Crippen LogP contribution in [0.2, 0.25) is 0 Å². The van der Waals surface area contributed by atoms with Crippen molar-refractivity contribution in [2.24, 2.45) is 10.8 Å². The molecule has 0 spiro atoms. The minimum absolute atomic E-state index is 0.129. The molecule has 0 amide bonds. The number of halogens is 3. The third-order valence-corrected chi connectivity index (χ3v) is 6.16. The molecule has 6 nitrogen and oxygen atoms in total. The van der Waals surface area contributed by atoms with Gasteiger partial charge in [0, 0.05) is 5.41 Å². The molecule has 0 radical (unpaired) electrons. The largest absolute Gasteiger partial charge is 0.459 e. The number of alkyl halides is 3. The Bertz CT molecular complexity index is 623. The van der Waals surface area contributed by atoms with Gasteiger partial charge in [0.25, 0.3) is 0 Å². The number of hydrogen-bond acceptors (Lipinski definition) is 6. The van der Waals surface area contributed by atoms with Crippen LogP contribution in [0.1, 0.15) is 33.6 Å². The molecule has 2 rings (SSSR count). The molecule has 3 unspecified atom stereocenters. The van der Waals surface area contributed by atoms with Crippen LogP contribution in [0.25, 0.3) is 0 Å². The highest BCUT2D eigenvalue weighted by molar-refractivity contribution is 7.73. The molecule has 3 atom stereocenters. The molecule has 1 saturated heterocycles. The Labute approximate surface area is 132 Å². The maximum absolute atomic E-state index is 13.3. The summed E-state index contributed by atoms with van der Waals surface area (Å²) in [5.41, 5.74) is -3.57. The van der Waals surface area contributed by atoms with Gasteiger partial charge < -0.3 is 9.47 Å². The number of carbonyl (C=O) groups is 2. The Morgan fingerprint density at radius 3 is 2.30 bits per heavy atom. The van der Waals surface area contributed by atoms with Gasteiger partial charge in [-0.05, 0) is 19.8 Å². The van der Waals surface area contributed by atoms with Gasteiger partial charge in [-0.3, -0.25) is 4.79 Å². The van der Waals surface area contributed by atoms with E-state index < -0.39 is 57.1 Å². The Morgan fingerprint density at radius 2 is 1.91 bits per heavy atom. The molecule has 0 aromatic carbocycles. The van der Waals surface area contributed by atoms with Gasteiger partial charge in [0.05, 0.1) is 5.41 Å². The van der Waals surface area contributed by atoms with E-state index in [1.54, 1.807) is 20.8 Å². The van der Waals surface area contributed by atoms with Crippen LogP contribution < -0.4 is 0 Å². The Hall–Kier alpha value is -1.32. The molecule has 2 fully saturated rings. The van der Waals surface area contributed by atoms with Crippen molar-refractivity contribution >= 4 is 22.6 Å². The summed E-state index contributed by atoms with van der Waals surface area (Å²) in [6, 6.07) is 0. The molecule has 2 aliphatic rings. The van der Waals surface area contributed by atoms with Crippen molar-refractivity contribution in [3.63, 3.8) is 0 Å². The molecular weight excluding hydrogens is 341 g/mol. The van der Waals surface area contributed by atoms with E-state index in [9.17, 15) is 31.2 Å². The van der Waals surface area contributed by atoms with Crippen molar-refractivity contribution in [3.05, 3.63) is 0 Å². The van der Waals surface area contributed by atoms with E-state index in [2.05, 4.69) is 4.74 Å². The van der Waals surface area contributed by atoms with Crippen LogP contribution in [-0.2, 0) is 29.8 Å². The van der Waals surface area contributed by atoms with Crippen LogP contribution in [-0.4, -0.2) is 44.0 Å². The van der Waals surface area contributed by atoms with Gasteiger partial charge in [-0.2, -0.15) is 8.78 Å². The van der Waals surface area contributed by atoms with E-state index in [1.807, 2.05) is 0 Å². The molecule has 0 N–H and O–H groups in total. The van der Waals surface area contributed by atoms with E-state index in [0.29, 0.717) is 6.42 Å². The lowest BCUT2D eigenvalue weighted by atomic mass is 9.66. The second-order valence-electron chi connectivity index (χ2n) is 6.58. The van der Waals surface area contributed by atoms with Gasteiger partial charge in [0.1, 0.15) is 6.61 Å². The van der Waals surface area contributed by atoms with Crippen molar-refractivity contribution < 1.29 is 40.7 Å². The van der Waals surface area contributed by atoms with Gasteiger partial charge >= 0.3 is 17.2 Å². The molecule has 132 valence electrons. The minimum atomic E-state index is -4.64. The molecule has 0 aromatic rings. The molecule has 1 aliphatic carbocycles. The first-order valence-electron chi connectivity index (χ1n) is 6.90. The van der Waals surface area contributed by atoms with E-state index >= 15 is 0 Å². The lowest BCUT2D eigenvalue weighted by Crippen LogP contribution is -2.50. The second kappa shape index (κ2) is 5.09. The highest BCUT2D eigenvalue weighted by Gasteiger charge is 2.76. The van der Waals surface area contributed by atoms with Gasteiger partial charge in [0.2, 0.25) is 22.5 Å². The van der Waals surface area contributed by atoms with Crippen LogP contribution in [0.4, 0.5) is 13.2 Å². The summed E-state index contributed by atoms with van der Waals surface area (Å²) in [5.74, 6) is -1.74. The third kappa shape index (κ3) is 2.17. The predicted molar refractivity (Wildman–Crippen MR) is 71.1 cm³/mol. The van der Waals surface area contributed by atoms with Crippen molar-refractivity contribution in [1.82, 2.24) is 0 Å². The Balaban J connectivity index is 2.15. The maximum Gasteiger partial charge on any atom is 0.376 e. The van der Waals surface area contributed by atoms with E-state index in [4.69, 9.17) is 4.74 Å². The summed E-state index contributed by atoms with van der Waals surface area (Å²) in [6.07, 6.45) is -2.73. The Morgan fingerprint density at radius 1 is 1.35 bits per heavy atom. The number of esters is 2. The molecule has 10 heteroatoms. The first kappa shape index (κ1) is 18.0. The van der Waals surface area contributed by atoms with Crippen LogP contribution in [0, 0.1) is 10.8 Å². The number of thiol groups is 1. The molecule has 1 aliphatic heterocycles. The summed E-state index contributed by atoms with van der Waals surface area (Å²) in [6.45, 7) is 3.41. The lowest BCUT2D eigenvalue weighted by Gasteiger charge is -2.34. The second-order valence-corrected chi connectivity index (χ2v) is 7.70. The summed E-state index contributed by atoms with van der Waals surface area (Å²) in [5, 5.41) is -4.64. The van der Waals surface area contributed by atoms with Gasteiger partial charge in [-0.1, -0.05) is 13.8 Å². The molecule has 1 heterocycles. The molecule has 2 bridgehead atoms.